The molecule has 2 unspecified atom stereocenters. The number of aliphatic hydroxyl groups is 2. The highest BCUT2D eigenvalue weighted by Crippen LogP contribution is 2.34. The number of anilines is 1. The van der Waals surface area contributed by atoms with E-state index < -0.39 is 41.5 Å². The van der Waals surface area contributed by atoms with E-state index in [9.17, 15) is 23.4 Å². The van der Waals surface area contributed by atoms with Gasteiger partial charge >= 0.3 is 6.18 Å². The number of rotatable bonds is 3. The fraction of sp³-hybridized carbons (Fsp3) is 0.500. The van der Waals surface area contributed by atoms with Crippen molar-refractivity contribution in [3.63, 3.8) is 0 Å². The first-order valence-electron chi connectivity index (χ1n) is 4.39. The lowest BCUT2D eigenvalue weighted by Crippen LogP contribution is -2.24. The molecule has 1 rings (SSSR count). The minimum absolute atomic E-state index is 0.428. The summed E-state index contributed by atoms with van der Waals surface area (Å²) in [6.45, 7) is 0. The van der Waals surface area contributed by atoms with Crippen LogP contribution in [0.3, 0.4) is 0 Å². The second-order valence-corrected chi connectivity index (χ2v) is 3.51. The van der Waals surface area contributed by atoms with Crippen LogP contribution in [0.2, 0.25) is 0 Å². The molecule has 5 nitrogen and oxygen atoms in total. The minimum Gasteiger partial charge on any atom is -0.389 e. The first kappa shape index (κ1) is 13.9. The van der Waals surface area contributed by atoms with E-state index in [4.69, 9.17) is 17.3 Å². The largest absolute Gasteiger partial charge is 0.433 e. The fourth-order valence-electron chi connectivity index (χ4n) is 1.14. The first-order chi connectivity index (χ1) is 7.77. The van der Waals surface area contributed by atoms with Crippen LogP contribution in [0.25, 0.3) is 0 Å². The van der Waals surface area contributed by atoms with Gasteiger partial charge in [0.25, 0.3) is 0 Å². The van der Waals surface area contributed by atoms with E-state index in [1.165, 1.54) is 0 Å². The monoisotopic (exact) mass is 271 g/mol. The van der Waals surface area contributed by atoms with Gasteiger partial charge in [0.2, 0.25) is 5.95 Å². The van der Waals surface area contributed by atoms with E-state index in [0.717, 1.165) is 0 Å². The van der Waals surface area contributed by atoms with Crippen molar-refractivity contribution in [1.29, 1.82) is 0 Å². The summed E-state index contributed by atoms with van der Waals surface area (Å²) in [5.74, 6) is -1.00. The molecule has 2 atom stereocenters. The molecule has 0 aliphatic rings. The highest BCUT2D eigenvalue weighted by atomic mass is 35.5. The molecule has 1 heterocycles. The van der Waals surface area contributed by atoms with E-state index in [0.29, 0.717) is 6.20 Å². The van der Waals surface area contributed by atoms with Crippen molar-refractivity contribution in [2.24, 2.45) is 0 Å². The molecule has 0 amide bonds. The topological polar surface area (TPSA) is 92.3 Å². The van der Waals surface area contributed by atoms with Gasteiger partial charge in [0.15, 0.2) is 5.69 Å². The maximum atomic E-state index is 12.6. The van der Waals surface area contributed by atoms with Crippen LogP contribution in [0.5, 0.6) is 0 Å². The normalized spacial score (nSPS) is 15.6. The highest BCUT2D eigenvalue weighted by Gasteiger charge is 2.38. The molecule has 96 valence electrons. The third kappa shape index (κ3) is 3.18. The van der Waals surface area contributed by atoms with E-state index in [2.05, 4.69) is 9.97 Å². The van der Waals surface area contributed by atoms with Gasteiger partial charge in [-0.1, -0.05) is 0 Å². The summed E-state index contributed by atoms with van der Waals surface area (Å²) in [6.07, 6.45) is -7.47. The van der Waals surface area contributed by atoms with Gasteiger partial charge in [0, 0.05) is 11.8 Å². The summed E-state index contributed by atoms with van der Waals surface area (Å²) in [5, 5.41) is 18.7. The predicted molar refractivity (Wildman–Crippen MR) is 53.1 cm³/mol. The van der Waals surface area contributed by atoms with Crippen LogP contribution in [0.4, 0.5) is 19.1 Å². The van der Waals surface area contributed by atoms with Gasteiger partial charge in [-0.2, -0.15) is 13.2 Å². The Balaban J connectivity index is 3.24. The Morgan fingerprint density at radius 3 is 2.47 bits per heavy atom. The minimum atomic E-state index is -4.81. The number of aromatic nitrogens is 2. The van der Waals surface area contributed by atoms with Crippen LogP contribution >= 0.6 is 11.6 Å². The molecule has 0 aliphatic heterocycles. The van der Waals surface area contributed by atoms with Crippen molar-refractivity contribution in [1.82, 2.24) is 9.97 Å². The van der Waals surface area contributed by atoms with Gasteiger partial charge < -0.3 is 15.9 Å². The lowest BCUT2D eigenvalue weighted by atomic mass is 10.1. The predicted octanol–water partition coefficient (Wildman–Crippen LogP) is 0.711. The molecule has 0 aromatic carbocycles. The molecule has 9 heteroatoms. The lowest BCUT2D eigenvalue weighted by molar-refractivity contribution is -0.143. The second kappa shape index (κ2) is 5.03. The molecule has 0 saturated carbocycles. The van der Waals surface area contributed by atoms with Crippen molar-refractivity contribution in [3.05, 3.63) is 17.5 Å². The zero-order chi connectivity index (χ0) is 13.2. The van der Waals surface area contributed by atoms with Crippen LogP contribution in [0.15, 0.2) is 6.20 Å². The van der Waals surface area contributed by atoms with Gasteiger partial charge in [-0.25, -0.2) is 9.97 Å². The van der Waals surface area contributed by atoms with Crippen molar-refractivity contribution < 1.29 is 23.4 Å². The number of halogens is 4. The van der Waals surface area contributed by atoms with Crippen LogP contribution < -0.4 is 5.73 Å². The van der Waals surface area contributed by atoms with E-state index in [1.54, 1.807) is 0 Å². The summed E-state index contributed by atoms with van der Waals surface area (Å²) < 4.78 is 37.8. The summed E-state index contributed by atoms with van der Waals surface area (Å²) in [6, 6.07) is 0. The molecule has 1 aromatic heterocycles. The zero-order valence-corrected chi connectivity index (χ0v) is 9.07. The molecular formula is C8H9ClF3N3O2. The SMILES string of the molecule is Nc1ncc(C(O)C(O)CCl)c(C(F)(F)F)n1. The van der Waals surface area contributed by atoms with Crippen LogP contribution in [0, 0.1) is 0 Å². The molecule has 0 spiro atoms. The number of hydrogen-bond acceptors (Lipinski definition) is 5. The van der Waals surface area contributed by atoms with Crippen LogP contribution in [-0.4, -0.2) is 32.2 Å². The Bertz CT molecular complexity index is 402. The van der Waals surface area contributed by atoms with Gasteiger partial charge in [0.05, 0.1) is 12.0 Å². The Morgan fingerprint density at radius 2 is 2.00 bits per heavy atom. The summed E-state index contributed by atoms with van der Waals surface area (Å²) in [5.41, 5.74) is 2.99. The Labute approximate surface area is 99.1 Å². The standard InChI is InChI=1S/C8H9ClF3N3O2/c9-1-4(16)5(17)3-2-14-7(13)15-6(3)8(10,11)12/h2,4-5,16-17H,1H2,(H2,13,14,15). The highest BCUT2D eigenvalue weighted by molar-refractivity contribution is 6.18. The molecule has 0 aliphatic carbocycles. The summed E-state index contributed by atoms with van der Waals surface area (Å²) >= 11 is 5.24. The average Bonchev–Trinajstić information content (AvgIpc) is 2.25. The van der Waals surface area contributed by atoms with Crippen LogP contribution in [0.1, 0.15) is 17.4 Å². The maximum absolute atomic E-state index is 12.6. The van der Waals surface area contributed by atoms with Gasteiger partial charge in [-0.3, -0.25) is 0 Å². The number of alkyl halides is 4. The lowest BCUT2D eigenvalue weighted by Gasteiger charge is -2.19. The van der Waals surface area contributed by atoms with Gasteiger partial charge in [-0.05, 0) is 0 Å². The smallest absolute Gasteiger partial charge is 0.389 e. The van der Waals surface area contributed by atoms with Crippen LogP contribution in [-0.2, 0) is 6.18 Å². The third-order valence-electron chi connectivity index (χ3n) is 1.95. The molecule has 17 heavy (non-hydrogen) atoms. The number of aliphatic hydroxyl groups excluding tert-OH is 2. The Morgan fingerprint density at radius 1 is 1.41 bits per heavy atom. The van der Waals surface area contributed by atoms with E-state index in [1.807, 2.05) is 0 Å². The van der Waals surface area contributed by atoms with Crippen molar-refractivity contribution in [2.45, 2.75) is 18.4 Å². The molecular weight excluding hydrogens is 263 g/mol. The molecule has 1 aromatic rings. The van der Waals surface area contributed by atoms with Gasteiger partial charge in [0.1, 0.15) is 6.10 Å². The van der Waals surface area contributed by atoms with Crippen molar-refractivity contribution in [3.8, 4) is 0 Å². The number of nitrogen functional groups attached to an aromatic ring is 1. The number of nitrogens with two attached hydrogens (primary N) is 1. The fourth-order valence-corrected chi connectivity index (χ4v) is 1.31. The molecule has 0 radical (unpaired) electrons. The average molecular weight is 272 g/mol. The van der Waals surface area contributed by atoms with Crippen molar-refractivity contribution in [2.75, 3.05) is 11.6 Å². The molecule has 4 N–H and O–H groups in total. The quantitative estimate of drug-likeness (QED) is 0.704. The van der Waals surface area contributed by atoms with Crippen molar-refractivity contribution >= 4 is 17.5 Å². The number of nitrogens with zero attached hydrogens (tertiary/aromatic N) is 2. The first-order valence-corrected chi connectivity index (χ1v) is 4.92. The Kier molecular flexibility index (Phi) is 4.12. The second-order valence-electron chi connectivity index (χ2n) is 3.20. The van der Waals surface area contributed by atoms with E-state index in [-0.39, 0.29) is 0 Å². The van der Waals surface area contributed by atoms with Gasteiger partial charge in [-0.15, -0.1) is 11.6 Å². The summed E-state index contributed by atoms with van der Waals surface area (Å²) in [7, 11) is 0. The zero-order valence-electron chi connectivity index (χ0n) is 8.32. The number of hydrogen-bond donors (Lipinski definition) is 3. The molecule has 0 fully saturated rings. The maximum Gasteiger partial charge on any atom is 0.433 e. The third-order valence-corrected chi connectivity index (χ3v) is 2.26. The molecule has 0 bridgehead atoms. The molecule has 0 saturated heterocycles. The van der Waals surface area contributed by atoms with E-state index >= 15 is 0 Å². The summed E-state index contributed by atoms with van der Waals surface area (Å²) in [4.78, 5) is 6.35. The Hall–Kier alpha value is -1.12.